The smallest absolute Gasteiger partial charge is 0.267 e. The number of halogens is 1. The van der Waals surface area contributed by atoms with E-state index in [4.69, 9.17) is 9.73 Å². The molecule has 39 heavy (non-hydrogen) atoms. The number of fused-ring (bicyclic) bond motifs is 1. The van der Waals surface area contributed by atoms with E-state index in [1.165, 1.54) is 30.3 Å². The molecule has 1 aliphatic carbocycles. The molecular weight excluding hydrogens is 515 g/mol. The van der Waals surface area contributed by atoms with Gasteiger partial charge in [-0.15, -0.1) is 0 Å². The molecule has 0 spiro atoms. The van der Waals surface area contributed by atoms with Crippen molar-refractivity contribution >= 4 is 51.4 Å². The number of morpholine rings is 1. The fourth-order valence-electron chi connectivity index (χ4n) is 5.57. The highest BCUT2D eigenvalue weighted by atomic mass is 32.2. The van der Waals surface area contributed by atoms with Crippen molar-refractivity contribution in [3.8, 4) is 0 Å². The number of hydrogen-bond donors (Lipinski definition) is 0. The molecule has 3 aromatic rings. The Labute approximate surface area is 231 Å². The summed E-state index contributed by atoms with van der Waals surface area (Å²) < 4.78 is 20.8. The first-order valence-corrected chi connectivity index (χ1v) is 14.4. The van der Waals surface area contributed by atoms with Crippen LogP contribution in [0.25, 0.3) is 17.0 Å². The molecule has 9 heteroatoms. The van der Waals surface area contributed by atoms with Crippen LogP contribution in [-0.4, -0.2) is 63.7 Å². The second-order valence-corrected chi connectivity index (χ2v) is 11.2. The summed E-state index contributed by atoms with van der Waals surface area (Å²) in [5.74, 6) is -0.307. The summed E-state index contributed by atoms with van der Waals surface area (Å²) in [5, 5.41) is 1.62. The molecule has 0 atom stereocenters. The number of para-hydroxylation sites is 1. The van der Waals surface area contributed by atoms with Gasteiger partial charge in [-0.3, -0.25) is 14.5 Å². The van der Waals surface area contributed by atoms with Gasteiger partial charge in [-0.05, 0) is 61.0 Å². The predicted octanol–water partition coefficient (Wildman–Crippen LogP) is 5.58. The van der Waals surface area contributed by atoms with Gasteiger partial charge < -0.3 is 14.2 Å². The van der Waals surface area contributed by atoms with E-state index in [-0.39, 0.29) is 30.2 Å². The van der Waals surface area contributed by atoms with Crippen LogP contribution in [0, 0.1) is 5.82 Å². The number of benzene rings is 2. The van der Waals surface area contributed by atoms with Gasteiger partial charge in [0.1, 0.15) is 12.4 Å². The third-order valence-electron chi connectivity index (χ3n) is 7.60. The van der Waals surface area contributed by atoms with Crippen LogP contribution in [0.2, 0.25) is 0 Å². The molecule has 6 rings (SSSR count). The SMILES string of the molecule is O=C(Cn1cc(C=C2SC(=Nc3ccc(F)cc3)N(C3CCCCC3)C2=O)c2ccccc21)N1CCOCC1. The second-order valence-electron chi connectivity index (χ2n) is 10.2. The largest absolute Gasteiger partial charge is 0.378 e. The maximum Gasteiger partial charge on any atom is 0.267 e. The van der Waals surface area contributed by atoms with Crippen LogP contribution in [0.15, 0.2) is 64.6 Å². The number of hydrogen-bond acceptors (Lipinski definition) is 5. The summed E-state index contributed by atoms with van der Waals surface area (Å²) in [6, 6.07) is 14.1. The molecule has 7 nitrogen and oxygen atoms in total. The minimum Gasteiger partial charge on any atom is -0.378 e. The van der Waals surface area contributed by atoms with Gasteiger partial charge in [-0.2, -0.15) is 0 Å². The molecule has 202 valence electrons. The van der Waals surface area contributed by atoms with Crippen LogP contribution < -0.4 is 0 Å². The van der Waals surface area contributed by atoms with Gasteiger partial charge in [0.25, 0.3) is 5.91 Å². The zero-order chi connectivity index (χ0) is 26.8. The van der Waals surface area contributed by atoms with Crippen LogP contribution in [-0.2, 0) is 20.9 Å². The van der Waals surface area contributed by atoms with E-state index in [0.717, 1.165) is 42.1 Å². The van der Waals surface area contributed by atoms with Crippen molar-refractivity contribution < 1.29 is 18.7 Å². The lowest BCUT2D eigenvalue weighted by atomic mass is 9.94. The molecule has 0 bridgehead atoms. The molecule has 2 aromatic carbocycles. The standard InChI is InChI=1S/C30H31FN4O3S/c31-22-10-12-23(13-11-22)32-30-35(24-6-2-1-3-7-24)29(37)27(39-30)18-21-19-34(26-9-5-4-8-25(21)26)20-28(36)33-14-16-38-17-15-33/h4-5,8-13,18-19,24H,1-3,6-7,14-17,20H2. The van der Waals surface area contributed by atoms with Crippen molar-refractivity contribution in [2.75, 3.05) is 26.3 Å². The Kier molecular flexibility index (Phi) is 7.52. The van der Waals surface area contributed by atoms with Gasteiger partial charge in [-0.1, -0.05) is 37.5 Å². The maximum absolute atomic E-state index is 13.8. The predicted molar refractivity (Wildman–Crippen MR) is 152 cm³/mol. The van der Waals surface area contributed by atoms with Crippen molar-refractivity contribution in [3.05, 3.63) is 71.0 Å². The van der Waals surface area contributed by atoms with Gasteiger partial charge in [0.05, 0.1) is 23.8 Å². The highest BCUT2D eigenvalue weighted by Gasteiger charge is 2.38. The topological polar surface area (TPSA) is 67.1 Å². The number of amidine groups is 1. The molecule has 2 saturated heterocycles. The van der Waals surface area contributed by atoms with Crippen molar-refractivity contribution in [1.82, 2.24) is 14.4 Å². The number of amides is 2. The van der Waals surface area contributed by atoms with Gasteiger partial charge in [0.2, 0.25) is 5.91 Å². The molecule has 3 fully saturated rings. The summed E-state index contributed by atoms with van der Waals surface area (Å²) in [6.45, 7) is 2.57. The minimum absolute atomic E-state index is 0.0472. The Morgan fingerprint density at radius 3 is 2.56 bits per heavy atom. The number of aromatic nitrogens is 1. The van der Waals surface area contributed by atoms with Gasteiger partial charge in [-0.25, -0.2) is 9.38 Å². The Balaban J connectivity index is 1.33. The number of ether oxygens (including phenoxy) is 1. The zero-order valence-corrected chi connectivity index (χ0v) is 22.5. The van der Waals surface area contributed by atoms with Crippen LogP contribution in [0.5, 0.6) is 0 Å². The zero-order valence-electron chi connectivity index (χ0n) is 21.7. The fourth-order valence-corrected chi connectivity index (χ4v) is 6.62. The number of carbonyl (C=O) groups is 2. The summed E-state index contributed by atoms with van der Waals surface area (Å²) in [5.41, 5.74) is 2.46. The summed E-state index contributed by atoms with van der Waals surface area (Å²) in [6.07, 6.45) is 9.15. The van der Waals surface area contributed by atoms with E-state index in [9.17, 15) is 14.0 Å². The Morgan fingerprint density at radius 1 is 1.05 bits per heavy atom. The summed E-state index contributed by atoms with van der Waals surface area (Å²) in [4.78, 5) is 35.9. The van der Waals surface area contributed by atoms with Gasteiger partial charge in [0.15, 0.2) is 5.17 Å². The van der Waals surface area contributed by atoms with Crippen molar-refractivity contribution in [2.24, 2.45) is 4.99 Å². The van der Waals surface area contributed by atoms with Gasteiger partial charge in [0, 0.05) is 41.8 Å². The van der Waals surface area contributed by atoms with Gasteiger partial charge >= 0.3 is 0 Å². The van der Waals surface area contributed by atoms with E-state index in [1.54, 1.807) is 12.1 Å². The molecule has 3 aliphatic rings. The first-order valence-electron chi connectivity index (χ1n) is 13.6. The van der Waals surface area contributed by atoms with Crippen LogP contribution in [0.1, 0.15) is 37.7 Å². The monoisotopic (exact) mass is 546 g/mol. The van der Waals surface area contributed by atoms with E-state index in [0.29, 0.717) is 42.1 Å². The summed E-state index contributed by atoms with van der Waals surface area (Å²) >= 11 is 1.36. The minimum atomic E-state index is -0.317. The molecule has 0 N–H and O–H groups in total. The molecule has 2 amide bonds. The average molecular weight is 547 g/mol. The number of aliphatic imine (C=N–C) groups is 1. The fraction of sp³-hybridized carbons (Fsp3) is 0.367. The first-order chi connectivity index (χ1) is 19.1. The molecule has 1 saturated carbocycles. The lowest BCUT2D eigenvalue weighted by Crippen LogP contribution is -2.42. The van der Waals surface area contributed by atoms with E-state index < -0.39 is 0 Å². The Bertz CT molecular complexity index is 1440. The van der Waals surface area contributed by atoms with Crippen LogP contribution >= 0.6 is 11.8 Å². The molecule has 1 aromatic heterocycles. The highest BCUT2D eigenvalue weighted by molar-refractivity contribution is 8.18. The molecular formula is C30H31FN4O3S. The quantitative estimate of drug-likeness (QED) is 0.392. The average Bonchev–Trinajstić information content (AvgIpc) is 3.47. The van der Waals surface area contributed by atoms with Crippen molar-refractivity contribution in [1.29, 1.82) is 0 Å². The lowest BCUT2D eigenvalue weighted by Gasteiger charge is -2.30. The molecule has 0 unspecified atom stereocenters. The van der Waals surface area contributed by atoms with Crippen LogP contribution in [0.3, 0.4) is 0 Å². The summed E-state index contributed by atoms with van der Waals surface area (Å²) in [7, 11) is 0. The third-order valence-corrected chi connectivity index (χ3v) is 8.59. The maximum atomic E-state index is 13.8. The van der Waals surface area contributed by atoms with Crippen LogP contribution in [0.4, 0.5) is 10.1 Å². The lowest BCUT2D eigenvalue weighted by molar-refractivity contribution is -0.135. The number of rotatable bonds is 5. The van der Waals surface area contributed by atoms with Crippen molar-refractivity contribution in [2.45, 2.75) is 44.7 Å². The Hall–Kier alpha value is -3.43. The van der Waals surface area contributed by atoms with E-state index in [1.807, 2.05) is 50.9 Å². The number of nitrogens with zero attached hydrogens (tertiary/aromatic N) is 4. The molecule has 2 aliphatic heterocycles. The number of carbonyl (C=O) groups excluding carboxylic acids is 2. The normalized spacial score (nSPS) is 21.0. The number of thioether (sulfide) groups is 1. The molecule has 3 heterocycles. The molecule has 0 radical (unpaired) electrons. The highest BCUT2D eigenvalue weighted by Crippen LogP contribution is 2.39. The second kappa shape index (κ2) is 11.4. The van der Waals surface area contributed by atoms with E-state index >= 15 is 0 Å². The Morgan fingerprint density at radius 2 is 1.79 bits per heavy atom. The third kappa shape index (κ3) is 5.51. The van der Waals surface area contributed by atoms with E-state index in [2.05, 4.69) is 0 Å². The first kappa shape index (κ1) is 25.8. The van der Waals surface area contributed by atoms with Crippen molar-refractivity contribution in [3.63, 3.8) is 0 Å².